The van der Waals surface area contributed by atoms with E-state index in [1.54, 1.807) is 6.07 Å². The van der Waals surface area contributed by atoms with Crippen molar-refractivity contribution in [2.75, 3.05) is 0 Å². The molecule has 0 amide bonds. The fourth-order valence-electron chi connectivity index (χ4n) is 1.96. The molecule has 94 valence electrons. The first-order valence-corrected chi connectivity index (χ1v) is 6.15. The van der Waals surface area contributed by atoms with Crippen LogP contribution in [0.15, 0.2) is 18.2 Å². The minimum atomic E-state index is -0.838. The number of hydrogen-bond donors (Lipinski definition) is 1. The molecule has 1 aliphatic rings. The molecule has 0 aliphatic heterocycles. The molecule has 18 heavy (non-hydrogen) atoms. The number of aromatic amines is 1. The zero-order valence-corrected chi connectivity index (χ0v) is 10.3. The van der Waals surface area contributed by atoms with Gasteiger partial charge in [-0.15, -0.1) is 0 Å². The highest BCUT2D eigenvalue weighted by molar-refractivity contribution is 7.71. The van der Waals surface area contributed by atoms with Crippen molar-refractivity contribution in [3.63, 3.8) is 0 Å². The minimum Gasteiger partial charge on any atom is -0.299 e. The first-order valence-electron chi connectivity index (χ1n) is 5.74. The summed E-state index contributed by atoms with van der Waals surface area (Å²) in [5.41, 5.74) is 0.674. The molecule has 3 rings (SSSR count). The van der Waals surface area contributed by atoms with Crippen LogP contribution in [0.5, 0.6) is 0 Å². The summed E-state index contributed by atoms with van der Waals surface area (Å²) < 4.78 is 28.4. The lowest BCUT2D eigenvalue weighted by atomic mass is 10.2. The third-order valence-electron chi connectivity index (χ3n) is 3.05. The zero-order chi connectivity index (χ0) is 12.7. The lowest BCUT2D eigenvalue weighted by molar-refractivity contribution is 0.506. The monoisotopic (exact) mass is 267 g/mol. The maximum absolute atomic E-state index is 13.1. The van der Waals surface area contributed by atoms with E-state index in [9.17, 15) is 8.78 Å². The summed E-state index contributed by atoms with van der Waals surface area (Å²) in [7, 11) is 0. The van der Waals surface area contributed by atoms with Gasteiger partial charge in [-0.25, -0.2) is 8.78 Å². The van der Waals surface area contributed by atoms with Gasteiger partial charge in [0.15, 0.2) is 16.4 Å². The summed E-state index contributed by atoms with van der Waals surface area (Å²) >= 11 is 5.15. The van der Waals surface area contributed by atoms with E-state index in [2.05, 4.69) is 10.2 Å². The van der Waals surface area contributed by atoms with Crippen molar-refractivity contribution < 1.29 is 8.78 Å². The molecule has 1 aromatic carbocycles. The van der Waals surface area contributed by atoms with Gasteiger partial charge in [-0.2, -0.15) is 5.10 Å². The molecular formula is C12H11F2N3S. The van der Waals surface area contributed by atoms with Crippen LogP contribution in [0, 0.1) is 16.4 Å². The fraction of sp³-hybridized carbons (Fsp3) is 0.333. The van der Waals surface area contributed by atoms with Gasteiger partial charge >= 0.3 is 0 Å². The largest absolute Gasteiger partial charge is 0.299 e. The third kappa shape index (κ3) is 2.08. The van der Waals surface area contributed by atoms with E-state index >= 15 is 0 Å². The Kier molecular flexibility index (Phi) is 2.74. The van der Waals surface area contributed by atoms with E-state index in [4.69, 9.17) is 12.2 Å². The van der Waals surface area contributed by atoms with Gasteiger partial charge in [-0.1, -0.05) is 6.07 Å². The van der Waals surface area contributed by atoms with E-state index in [-0.39, 0.29) is 0 Å². The van der Waals surface area contributed by atoms with Crippen LogP contribution in [-0.2, 0) is 6.54 Å². The van der Waals surface area contributed by atoms with Crippen LogP contribution in [-0.4, -0.2) is 14.8 Å². The molecule has 1 N–H and O–H groups in total. The number of halogens is 2. The van der Waals surface area contributed by atoms with Crippen molar-refractivity contribution in [3.05, 3.63) is 46.0 Å². The maximum atomic E-state index is 13.1. The Morgan fingerprint density at radius 3 is 2.78 bits per heavy atom. The molecule has 1 saturated carbocycles. The van der Waals surface area contributed by atoms with Crippen LogP contribution < -0.4 is 0 Å². The van der Waals surface area contributed by atoms with Crippen LogP contribution in [0.3, 0.4) is 0 Å². The van der Waals surface area contributed by atoms with Gasteiger partial charge in [0, 0.05) is 5.92 Å². The van der Waals surface area contributed by atoms with Gasteiger partial charge in [-0.3, -0.25) is 9.67 Å². The summed E-state index contributed by atoms with van der Waals surface area (Å²) in [5, 5.41) is 6.94. The summed E-state index contributed by atoms with van der Waals surface area (Å²) in [6.07, 6.45) is 2.22. The van der Waals surface area contributed by atoms with Crippen LogP contribution in [0.1, 0.15) is 30.1 Å². The van der Waals surface area contributed by atoms with Crippen molar-refractivity contribution >= 4 is 12.2 Å². The van der Waals surface area contributed by atoms with Crippen molar-refractivity contribution in [1.82, 2.24) is 14.8 Å². The topological polar surface area (TPSA) is 33.6 Å². The summed E-state index contributed by atoms with van der Waals surface area (Å²) in [6, 6.07) is 3.88. The van der Waals surface area contributed by atoms with Crippen molar-refractivity contribution in [2.24, 2.45) is 0 Å². The van der Waals surface area contributed by atoms with Crippen molar-refractivity contribution in [1.29, 1.82) is 0 Å². The molecule has 0 radical (unpaired) electrons. The molecule has 1 aliphatic carbocycles. The van der Waals surface area contributed by atoms with Gasteiger partial charge < -0.3 is 0 Å². The molecule has 1 heterocycles. The summed E-state index contributed by atoms with van der Waals surface area (Å²) in [4.78, 5) is 0. The second-order valence-corrected chi connectivity index (χ2v) is 4.88. The molecule has 3 nitrogen and oxygen atoms in total. The summed E-state index contributed by atoms with van der Waals surface area (Å²) in [6.45, 7) is 0.415. The molecule has 0 unspecified atom stereocenters. The zero-order valence-electron chi connectivity index (χ0n) is 9.49. The average Bonchev–Trinajstić information content (AvgIpc) is 3.12. The minimum absolute atomic E-state index is 0.415. The molecule has 1 fully saturated rings. The second-order valence-electron chi connectivity index (χ2n) is 4.50. The van der Waals surface area contributed by atoms with Crippen molar-refractivity contribution in [3.8, 4) is 0 Å². The third-order valence-corrected chi connectivity index (χ3v) is 3.37. The Balaban J connectivity index is 1.94. The first-order chi connectivity index (χ1) is 8.65. The number of H-pyrrole nitrogens is 1. The van der Waals surface area contributed by atoms with Crippen molar-refractivity contribution in [2.45, 2.75) is 25.3 Å². The second kappa shape index (κ2) is 4.28. The molecule has 2 aromatic rings. The Hall–Kier alpha value is -1.56. The van der Waals surface area contributed by atoms with E-state index < -0.39 is 11.6 Å². The van der Waals surface area contributed by atoms with E-state index in [0.717, 1.165) is 24.7 Å². The molecule has 0 bridgehead atoms. The van der Waals surface area contributed by atoms with Gasteiger partial charge in [0.2, 0.25) is 0 Å². The number of nitrogens with one attached hydrogen (secondary N) is 1. The number of nitrogens with zero attached hydrogens (tertiary/aromatic N) is 2. The van der Waals surface area contributed by atoms with Crippen LogP contribution in [0.2, 0.25) is 0 Å². The van der Waals surface area contributed by atoms with E-state index in [0.29, 0.717) is 22.8 Å². The van der Waals surface area contributed by atoms with Gasteiger partial charge in [0.25, 0.3) is 0 Å². The van der Waals surface area contributed by atoms with Gasteiger partial charge in [0.1, 0.15) is 5.82 Å². The molecule has 0 spiro atoms. The number of hydrogen-bond acceptors (Lipinski definition) is 2. The highest BCUT2D eigenvalue weighted by atomic mass is 32.1. The van der Waals surface area contributed by atoms with E-state index in [1.807, 2.05) is 4.57 Å². The smallest absolute Gasteiger partial charge is 0.195 e. The Labute approximate surface area is 107 Å². The highest BCUT2D eigenvalue weighted by Crippen LogP contribution is 2.39. The first kappa shape index (κ1) is 11.5. The van der Waals surface area contributed by atoms with E-state index in [1.165, 1.54) is 6.07 Å². The molecule has 0 atom stereocenters. The lowest BCUT2D eigenvalue weighted by Crippen LogP contribution is -2.05. The van der Waals surface area contributed by atoms with Crippen LogP contribution in [0.25, 0.3) is 0 Å². The predicted octanol–water partition coefficient (Wildman–Crippen LogP) is 3.14. The van der Waals surface area contributed by atoms with Crippen LogP contribution >= 0.6 is 12.2 Å². The Morgan fingerprint density at radius 2 is 2.11 bits per heavy atom. The van der Waals surface area contributed by atoms with Gasteiger partial charge in [0.05, 0.1) is 6.54 Å². The molecular weight excluding hydrogens is 256 g/mol. The fourth-order valence-corrected chi connectivity index (χ4v) is 2.16. The molecule has 6 heteroatoms. The normalized spacial score (nSPS) is 15.0. The number of rotatable bonds is 3. The van der Waals surface area contributed by atoms with Gasteiger partial charge in [-0.05, 0) is 42.8 Å². The standard InChI is InChI=1S/C12H11F2N3S/c13-9-4-1-7(5-10(9)14)6-17-11(8-2-3-8)15-16-12(17)18/h1,4-5,8H,2-3,6H2,(H,16,18). The summed E-state index contributed by atoms with van der Waals surface area (Å²) in [5.74, 6) is -0.319. The lowest BCUT2D eigenvalue weighted by Gasteiger charge is -2.06. The molecule has 0 saturated heterocycles. The quantitative estimate of drug-likeness (QED) is 0.867. The Morgan fingerprint density at radius 1 is 1.33 bits per heavy atom. The molecule has 1 aromatic heterocycles. The van der Waals surface area contributed by atoms with Crippen LogP contribution in [0.4, 0.5) is 8.78 Å². The predicted molar refractivity (Wildman–Crippen MR) is 64.8 cm³/mol. The maximum Gasteiger partial charge on any atom is 0.195 e. The SMILES string of the molecule is Fc1ccc(Cn2c(C3CC3)n[nH]c2=S)cc1F. The Bertz CT molecular complexity index is 643. The number of aromatic nitrogens is 3. The average molecular weight is 267 g/mol. The number of benzene rings is 1. The highest BCUT2D eigenvalue weighted by Gasteiger charge is 2.29.